The molecule has 0 fully saturated rings. The molecule has 0 saturated heterocycles. The summed E-state index contributed by atoms with van der Waals surface area (Å²) in [6.07, 6.45) is 2.35. The van der Waals surface area contributed by atoms with Gasteiger partial charge in [-0.2, -0.15) is 0 Å². The second-order valence-electron chi connectivity index (χ2n) is 4.76. The van der Waals surface area contributed by atoms with Crippen LogP contribution in [0.1, 0.15) is 39.5 Å². The molecular formula is C17H18O2. The van der Waals surface area contributed by atoms with Crippen LogP contribution in [0.5, 0.6) is 5.75 Å². The van der Waals surface area contributed by atoms with E-state index in [1.54, 1.807) is 6.07 Å². The lowest BCUT2D eigenvalue weighted by atomic mass is 9.96. The second-order valence-corrected chi connectivity index (χ2v) is 4.76. The van der Waals surface area contributed by atoms with Crippen LogP contribution in [0.3, 0.4) is 0 Å². The molecule has 0 unspecified atom stereocenters. The van der Waals surface area contributed by atoms with E-state index < -0.39 is 0 Å². The van der Waals surface area contributed by atoms with Crippen LogP contribution < -0.4 is 0 Å². The predicted octanol–water partition coefficient (Wildman–Crippen LogP) is 3.67. The Bertz CT molecular complexity index is 583. The summed E-state index contributed by atoms with van der Waals surface area (Å²) in [6.45, 7) is 4.07. The monoisotopic (exact) mass is 254 g/mol. The molecule has 0 bridgehead atoms. The van der Waals surface area contributed by atoms with Gasteiger partial charge >= 0.3 is 0 Å². The first-order valence-corrected chi connectivity index (χ1v) is 6.50. The van der Waals surface area contributed by atoms with Gasteiger partial charge in [0, 0.05) is 12.0 Å². The van der Waals surface area contributed by atoms with Crippen molar-refractivity contribution in [2.45, 2.75) is 26.7 Å². The van der Waals surface area contributed by atoms with Crippen molar-refractivity contribution in [3.63, 3.8) is 0 Å². The highest BCUT2D eigenvalue weighted by molar-refractivity contribution is 5.80. The van der Waals surface area contributed by atoms with Crippen molar-refractivity contribution >= 4 is 6.29 Å². The molecule has 2 aromatic rings. The van der Waals surface area contributed by atoms with E-state index in [1.165, 1.54) is 5.56 Å². The Morgan fingerprint density at radius 2 is 1.68 bits per heavy atom. The van der Waals surface area contributed by atoms with E-state index in [0.29, 0.717) is 18.3 Å². The molecule has 0 amide bonds. The van der Waals surface area contributed by atoms with Crippen LogP contribution >= 0.6 is 0 Å². The zero-order valence-corrected chi connectivity index (χ0v) is 11.3. The van der Waals surface area contributed by atoms with Crippen molar-refractivity contribution in [1.29, 1.82) is 0 Å². The SMILES string of the molecule is CCc1ccc(Cc2c(C)ccc(C=O)c2O)cc1. The first-order valence-electron chi connectivity index (χ1n) is 6.50. The number of carbonyl (C=O) groups is 1. The van der Waals surface area contributed by atoms with Crippen molar-refractivity contribution in [3.05, 3.63) is 64.2 Å². The summed E-state index contributed by atoms with van der Waals surface area (Å²) in [6, 6.07) is 11.9. The third kappa shape index (κ3) is 2.84. The average Bonchev–Trinajstić information content (AvgIpc) is 2.44. The molecule has 2 nitrogen and oxygen atoms in total. The Morgan fingerprint density at radius 3 is 2.26 bits per heavy atom. The van der Waals surface area contributed by atoms with Crippen LogP contribution in [0.2, 0.25) is 0 Å². The van der Waals surface area contributed by atoms with Gasteiger partial charge in [0.05, 0.1) is 5.56 Å². The van der Waals surface area contributed by atoms with Gasteiger partial charge < -0.3 is 5.11 Å². The van der Waals surface area contributed by atoms with Crippen molar-refractivity contribution in [1.82, 2.24) is 0 Å². The molecule has 0 aliphatic carbocycles. The molecule has 0 aliphatic heterocycles. The maximum absolute atomic E-state index is 10.9. The molecule has 0 atom stereocenters. The first-order chi connectivity index (χ1) is 9.15. The zero-order chi connectivity index (χ0) is 13.8. The van der Waals surface area contributed by atoms with Crippen LogP contribution in [-0.2, 0) is 12.8 Å². The van der Waals surface area contributed by atoms with E-state index in [4.69, 9.17) is 0 Å². The van der Waals surface area contributed by atoms with Crippen molar-refractivity contribution in [2.24, 2.45) is 0 Å². The second kappa shape index (κ2) is 5.70. The van der Waals surface area contributed by atoms with Gasteiger partial charge in [-0.05, 0) is 36.1 Å². The third-order valence-corrected chi connectivity index (χ3v) is 3.49. The number of carbonyl (C=O) groups excluding carboxylic acids is 1. The summed E-state index contributed by atoms with van der Waals surface area (Å²) in [4.78, 5) is 10.9. The lowest BCUT2D eigenvalue weighted by Gasteiger charge is -2.10. The minimum absolute atomic E-state index is 0.106. The van der Waals surface area contributed by atoms with Crippen molar-refractivity contribution in [3.8, 4) is 5.75 Å². The van der Waals surface area contributed by atoms with E-state index >= 15 is 0 Å². The average molecular weight is 254 g/mol. The maximum Gasteiger partial charge on any atom is 0.153 e. The van der Waals surface area contributed by atoms with E-state index in [2.05, 4.69) is 31.2 Å². The van der Waals surface area contributed by atoms with Crippen LogP contribution in [0.4, 0.5) is 0 Å². The van der Waals surface area contributed by atoms with Crippen LogP contribution in [-0.4, -0.2) is 11.4 Å². The van der Waals surface area contributed by atoms with E-state index in [1.807, 2.05) is 13.0 Å². The lowest BCUT2D eigenvalue weighted by Crippen LogP contribution is -1.96. The van der Waals surface area contributed by atoms with E-state index in [-0.39, 0.29) is 5.75 Å². The number of aromatic hydroxyl groups is 1. The molecule has 0 aliphatic rings. The molecule has 2 heteroatoms. The maximum atomic E-state index is 10.9. The van der Waals surface area contributed by atoms with Crippen molar-refractivity contribution < 1.29 is 9.90 Å². The van der Waals surface area contributed by atoms with Crippen LogP contribution in [0.25, 0.3) is 0 Å². The number of phenolic OH excluding ortho intramolecular Hbond substituents is 1. The fourth-order valence-corrected chi connectivity index (χ4v) is 2.17. The molecule has 2 rings (SSSR count). The lowest BCUT2D eigenvalue weighted by molar-refractivity contribution is 0.112. The molecular weight excluding hydrogens is 236 g/mol. The molecule has 0 saturated carbocycles. The summed E-state index contributed by atoms with van der Waals surface area (Å²) in [5.74, 6) is 0.106. The highest BCUT2D eigenvalue weighted by atomic mass is 16.3. The zero-order valence-electron chi connectivity index (χ0n) is 11.3. The van der Waals surface area contributed by atoms with Crippen LogP contribution in [0.15, 0.2) is 36.4 Å². The quantitative estimate of drug-likeness (QED) is 0.845. The topological polar surface area (TPSA) is 37.3 Å². The smallest absolute Gasteiger partial charge is 0.153 e. The Balaban J connectivity index is 2.34. The largest absolute Gasteiger partial charge is 0.507 e. The van der Waals surface area contributed by atoms with Gasteiger partial charge in [-0.25, -0.2) is 0 Å². The van der Waals surface area contributed by atoms with E-state index in [9.17, 15) is 9.90 Å². The third-order valence-electron chi connectivity index (χ3n) is 3.49. The van der Waals surface area contributed by atoms with Gasteiger partial charge in [0.15, 0.2) is 6.29 Å². The van der Waals surface area contributed by atoms with Crippen LogP contribution in [0, 0.1) is 6.92 Å². The summed E-state index contributed by atoms with van der Waals surface area (Å²) >= 11 is 0. The molecule has 19 heavy (non-hydrogen) atoms. The van der Waals surface area contributed by atoms with Gasteiger partial charge in [-0.3, -0.25) is 4.79 Å². The highest BCUT2D eigenvalue weighted by Crippen LogP contribution is 2.27. The predicted molar refractivity (Wildman–Crippen MR) is 76.9 cm³/mol. The number of rotatable bonds is 4. The van der Waals surface area contributed by atoms with Gasteiger partial charge in [0.25, 0.3) is 0 Å². The van der Waals surface area contributed by atoms with E-state index in [0.717, 1.165) is 23.1 Å². The molecule has 1 N–H and O–H groups in total. The molecule has 2 aromatic carbocycles. The number of aldehydes is 1. The summed E-state index contributed by atoms with van der Waals surface area (Å²) < 4.78 is 0. The molecule has 0 spiro atoms. The first kappa shape index (κ1) is 13.3. The number of phenols is 1. The molecule has 0 aromatic heterocycles. The molecule has 98 valence electrons. The number of aryl methyl sites for hydroxylation is 2. The molecule has 0 heterocycles. The fourth-order valence-electron chi connectivity index (χ4n) is 2.17. The highest BCUT2D eigenvalue weighted by Gasteiger charge is 2.10. The Morgan fingerprint density at radius 1 is 1.05 bits per heavy atom. The number of benzene rings is 2. The van der Waals surface area contributed by atoms with Gasteiger partial charge in [-0.15, -0.1) is 0 Å². The van der Waals surface area contributed by atoms with Crippen molar-refractivity contribution in [2.75, 3.05) is 0 Å². The minimum Gasteiger partial charge on any atom is -0.507 e. The Kier molecular flexibility index (Phi) is 4.00. The number of hydrogen-bond donors (Lipinski definition) is 1. The standard InChI is InChI=1S/C17H18O2/c1-3-13-5-7-14(8-6-13)10-16-12(2)4-9-15(11-18)17(16)19/h4-9,11,19H,3,10H2,1-2H3. The van der Waals surface area contributed by atoms with Gasteiger partial charge in [0.2, 0.25) is 0 Å². The summed E-state index contributed by atoms with van der Waals surface area (Å²) in [5, 5.41) is 10.1. The summed E-state index contributed by atoms with van der Waals surface area (Å²) in [7, 11) is 0. The minimum atomic E-state index is 0.106. The summed E-state index contributed by atoms with van der Waals surface area (Å²) in [5.41, 5.74) is 4.62. The number of hydrogen-bond acceptors (Lipinski definition) is 2. The Labute approximate surface area is 113 Å². The van der Waals surface area contributed by atoms with Gasteiger partial charge in [-0.1, -0.05) is 37.3 Å². The molecule has 0 radical (unpaired) electrons. The fraction of sp³-hybridized carbons (Fsp3) is 0.235. The Hall–Kier alpha value is -2.09. The normalized spacial score (nSPS) is 10.4. The van der Waals surface area contributed by atoms with Gasteiger partial charge in [0.1, 0.15) is 5.75 Å².